The fraction of sp³-hybridized carbons (Fsp3) is 0.222. The Bertz CT molecular complexity index is 655. The van der Waals surface area contributed by atoms with Crippen LogP contribution in [0.5, 0.6) is 5.75 Å². The zero-order chi connectivity index (χ0) is 14.4. The standard InChI is InChI=1S/C16H15NO.C2H6/c1-12-10-14-8-5-9-15(16(14)17-12)18-11-13-6-3-2-4-7-13;1-2/h2-10,17H,11H2,1H3;1-2H3. The van der Waals surface area contributed by atoms with E-state index in [1.54, 1.807) is 0 Å². The summed E-state index contributed by atoms with van der Waals surface area (Å²) in [5.74, 6) is 0.907. The number of benzene rings is 2. The number of aryl methyl sites for hydroxylation is 1. The van der Waals surface area contributed by atoms with Crippen molar-refractivity contribution in [3.05, 3.63) is 65.9 Å². The summed E-state index contributed by atoms with van der Waals surface area (Å²) in [6, 6.07) is 18.4. The Kier molecular flexibility index (Phi) is 4.83. The van der Waals surface area contributed by atoms with Crippen LogP contribution in [-0.4, -0.2) is 4.98 Å². The number of nitrogens with one attached hydrogen (secondary N) is 1. The molecule has 20 heavy (non-hydrogen) atoms. The molecule has 0 aliphatic heterocycles. The molecule has 1 N–H and O–H groups in total. The molecule has 0 fully saturated rings. The first kappa shape index (κ1) is 14.2. The third-order valence-electron chi connectivity index (χ3n) is 2.99. The van der Waals surface area contributed by atoms with Gasteiger partial charge < -0.3 is 9.72 Å². The van der Waals surface area contributed by atoms with Crippen molar-refractivity contribution in [3.8, 4) is 5.75 Å². The van der Waals surface area contributed by atoms with Crippen LogP contribution in [0.15, 0.2) is 54.6 Å². The number of aromatic amines is 1. The second-order valence-corrected chi connectivity index (χ2v) is 4.45. The summed E-state index contributed by atoms with van der Waals surface area (Å²) in [4.78, 5) is 3.34. The normalized spacial score (nSPS) is 9.95. The van der Waals surface area contributed by atoms with E-state index in [1.807, 2.05) is 44.2 Å². The van der Waals surface area contributed by atoms with Gasteiger partial charge in [0.2, 0.25) is 0 Å². The minimum atomic E-state index is 0.595. The fourth-order valence-electron chi connectivity index (χ4n) is 2.12. The van der Waals surface area contributed by atoms with Gasteiger partial charge in [0.15, 0.2) is 0 Å². The molecular weight excluding hydrogens is 246 g/mol. The lowest BCUT2D eigenvalue weighted by Crippen LogP contribution is -1.95. The largest absolute Gasteiger partial charge is 0.487 e. The third kappa shape index (κ3) is 3.21. The molecule has 0 spiro atoms. The Hall–Kier alpha value is -2.22. The Morgan fingerprint density at radius 2 is 1.70 bits per heavy atom. The van der Waals surface area contributed by atoms with Gasteiger partial charge in [0.1, 0.15) is 12.4 Å². The van der Waals surface area contributed by atoms with Gasteiger partial charge in [-0.3, -0.25) is 0 Å². The summed E-state index contributed by atoms with van der Waals surface area (Å²) in [5.41, 5.74) is 3.41. The van der Waals surface area contributed by atoms with Crippen LogP contribution in [0.2, 0.25) is 0 Å². The molecule has 0 aliphatic carbocycles. The number of para-hydroxylation sites is 1. The SMILES string of the molecule is CC.Cc1cc2cccc(OCc3ccccc3)c2[nH]1. The quantitative estimate of drug-likeness (QED) is 0.703. The van der Waals surface area contributed by atoms with E-state index < -0.39 is 0 Å². The number of ether oxygens (including phenoxy) is 1. The second-order valence-electron chi connectivity index (χ2n) is 4.45. The lowest BCUT2D eigenvalue weighted by atomic mass is 10.2. The van der Waals surface area contributed by atoms with E-state index in [1.165, 1.54) is 10.9 Å². The van der Waals surface area contributed by atoms with Crippen LogP contribution in [0.25, 0.3) is 10.9 Å². The number of rotatable bonds is 3. The molecule has 2 heteroatoms. The van der Waals surface area contributed by atoms with Gasteiger partial charge in [0, 0.05) is 11.1 Å². The van der Waals surface area contributed by atoms with Gasteiger partial charge >= 0.3 is 0 Å². The Labute approximate surface area is 120 Å². The minimum absolute atomic E-state index is 0.595. The summed E-state index contributed by atoms with van der Waals surface area (Å²) in [6.45, 7) is 6.65. The highest BCUT2D eigenvalue weighted by atomic mass is 16.5. The van der Waals surface area contributed by atoms with E-state index in [-0.39, 0.29) is 0 Å². The van der Waals surface area contributed by atoms with Crippen molar-refractivity contribution in [2.24, 2.45) is 0 Å². The summed E-state index contributed by atoms with van der Waals surface area (Å²) in [5, 5.41) is 1.19. The van der Waals surface area contributed by atoms with Gasteiger partial charge in [-0.2, -0.15) is 0 Å². The van der Waals surface area contributed by atoms with Crippen LogP contribution >= 0.6 is 0 Å². The average Bonchev–Trinajstić information content (AvgIpc) is 2.89. The predicted octanol–water partition coefficient (Wildman–Crippen LogP) is 5.08. The maximum Gasteiger partial charge on any atom is 0.143 e. The van der Waals surface area contributed by atoms with E-state index in [0.717, 1.165) is 17.0 Å². The van der Waals surface area contributed by atoms with Crippen molar-refractivity contribution >= 4 is 10.9 Å². The summed E-state index contributed by atoms with van der Waals surface area (Å²) in [6.07, 6.45) is 0. The summed E-state index contributed by atoms with van der Waals surface area (Å²) >= 11 is 0. The van der Waals surface area contributed by atoms with Crippen molar-refractivity contribution in [3.63, 3.8) is 0 Å². The van der Waals surface area contributed by atoms with Crippen molar-refractivity contribution < 1.29 is 4.74 Å². The highest BCUT2D eigenvalue weighted by molar-refractivity contribution is 5.86. The lowest BCUT2D eigenvalue weighted by molar-refractivity contribution is 0.309. The molecule has 0 radical (unpaired) electrons. The smallest absolute Gasteiger partial charge is 0.143 e. The van der Waals surface area contributed by atoms with Crippen LogP contribution < -0.4 is 4.74 Å². The predicted molar refractivity (Wildman–Crippen MR) is 85.2 cm³/mol. The van der Waals surface area contributed by atoms with E-state index in [2.05, 4.69) is 36.2 Å². The van der Waals surface area contributed by atoms with Crippen LogP contribution in [-0.2, 0) is 6.61 Å². The number of fused-ring (bicyclic) bond motifs is 1. The van der Waals surface area contributed by atoms with Crippen molar-refractivity contribution in [1.29, 1.82) is 0 Å². The van der Waals surface area contributed by atoms with Gasteiger partial charge in [0.05, 0.1) is 5.52 Å². The number of hydrogen-bond acceptors (Lipinski definition) is 1. The first-order valence-electron chi connectivity index (χ1n) is 7.08. The highest BCUT2D eigenvalue weighted by Gasteiger charge is 2.04. The van der Waals surface area contributed by atoms with Crippen LogP contribution in [0.3, 0.4) is 0 Å². The molecule has 0 saturated heterocycles. The summed E-state index contributed by atoms with van der Waals surface area (Å²) in [7, 11) is 0. The molecule has 0 atom stereocenters. The zero-order valence-corrected chi connectivity index (χ0v) is 12.3. The number of hydrogen-bond donors (Lipinski definition) is 1. The van der Waals surface area contributed by atoms with Gasteiger partial charge in [-0.15, -0.1) is 0 Å². The van der Waals surface area contributed by atoms with Crippen LogP contribution in [0.4, 0.5) is 0 Å². The molecular formula is C18H21NO. The molecule has 1 aromatic heterocycles. The Morgan fingerprint density at radius 1 is 0.950 bits per heavy atom. The first-order chi connectivity index (χ1) is 9.83. The zero-order valence-electron chi connectivity index (χ0n) is 12.3. The molecule has 3 aromatic rings. The van der Waals surface area contributed by atoms with Gasteiger partial charge in [0.25, 0.3) is 0 Å². The molecule has 3 rings (SSSR count). The molecule has 0 amide bonds. The first-order valence-corrected chi connectivity index (χ1v) is 7.08. The van der Waals surface area contributed by atoms with E-state index in [4.69, 9.17) is 4.74 Å². The monoisotopic (exact) mass is 267 g/mol. The third-order valence-corrected chi connectivity index (χ3v) is 2.99. The second kappa shape index (κ2) is 6.80. The van der Waals surface area contributed by atoms with E-state index >= 15 is 0 Å². The van der Waals surface area contributed by atoms with E-state index in [9.17, 15) is 0 Å². The topological polar surface area (TPSA) is 25.0 Å². The molecule has 0 bridgehead atoms. The lowest BCUT2D eigenvalue weighted by Gasteiger charge is -2.07. The maximum absolute atomic E-state index is 5.89. The van der Waals surface area contributed by atoms with Crippen molar-refractivity contribution in [1.82, 2.24) is 4.98 Å². The number of aromatic nitrogens is 1. The van der Waals surface area contributed by atoms with Crippen LogP contribution in [0.1, 0.15) is 25.1 Å². The molecule has 1 heterocycles. The van der Waals surface area contributed by atoms with Crippen LogP contribution in [0, 0.1) is 6.92 Å². The van der Waals surface area contributed by atoms with Gasteiger partial charge in [-0.25, -0.2) is 0 Å². The van der Waals surface area contributed by atoms with Crippen molar-refractivity contribution in [2.75, 3.05) is 0 Å². The highest BCUT2D eigenvalue weighted by Crippen LogP contribution is 2.26. The van der Waals surface area contributed by atoms with E-state index in [0.29, 0.717) is 6.61 Å². The molecule has 2 aromatic carbocycles. The Morgan fingerprint density at radius 3 is 2.45 bits per heavy atom. The molecule has 0 aliphatic rings. The maximum atomic E-state index is 5.89. The molecule has 0 saturated carbocycles. The minimum Gasteiger partial charge on any atom is -0.487 e. The van der Waals surface area contributed by atoms with Crippen molar-refractivity contribution in [2.45, 2.75) is 27.4 Å². The summed E-state index contributed by atoms with van der Waals surface area (Å²) < 4.78 is 5.89. The van der Waals surface area contributed by atoms with Gasteiger partial charge in [-0.1, -0.05) is 56.3 Å². The van der Waals surface area contributed by atoms with Gasteiger partial charge in [-0.05, 0) is 24.6 Å². The molecule has 2 nitrogen and oxygen atoms in total. The Balaban J connectivity index is 0.000000704. The molecule has 104 valence electrons. The number of H-pyrrole nitrogens is 1. The average molecular weight is 267 g/mol. The fourth-order valence-corrected chi connectivity index (χ4v) is 2.12. The molecule has 0 unspecified atom stereocenters.